The number of rotatable bonds is 4. The van der Waals surface area contributed by atoms with Crippen LogP contribution in [-0.4, -0.2) is 41.7 Å². The number of benzene rings is 1. The van der Waals surface area contributed by atoms with Crippen molar-refractivity contribution in [1.29, 1.82) is 0 Å². The lowest BCUT2D eigenvalue weighted by Gasteiger charge is -2.32. The second kappa shape index (κ2) is 7.50. The van der Waals surface area contributed by atoms with Gasteiger partial charge in [0.05, 0.1) is 12.6 Å². The van der Waals surface area contributed by atoms with E-state index in [9.17, 15) is 14.4 Å². The molecule has 150 valence electrons. The molecule has 1 aliphatic rings. The normalized spacial score (nSPS) is 15.9. The molecule has 4 rings (SSSR count). The lowest BCUT2D eigenvalue weighted by Crippen LogP contribution is -2.43. The van der Waals surface area contributed by atoms with Gasteiger partial charge in [-0.3, -0.25) is 14.6 Å². The SMILES string of the molecule is C[C@H]1CN(C(=O)c2cn(C)c(=O)[nH]c2=O)Cc2nnc(CCc3ccccc3)n21. The van der Waals surface area contributed by atoms with Gasteiger partial charge in [-0.15, -0.1) is 10.2 Å². The smallest absolute Gasteiger partial charge is 0.328 e. The van der Waals surface area contributed by atoms with Gasteiger partial charge in [0, 0.05) is 26.2 Å². The Morgan fingerprint density at radius 3 is 2.69 bits per heavy atom. The van der Waals surface area contributed by atoms with Crippen LogP contribution in [-0.2, 0) is 26.4 Å². The van der Waals surface area contributed by atoms with E-state index in [2.05, 4.69) is 31.9 Å². The highest BCUT2D eigenvalue weighted by molar-refractivity contribution is 5.93. The number of carbonyl (C=O) groups excluding carboxylic acids is 1. The number of nitrogens with zero attached hydrogens (tertiary/aromatic N) is 5. The number of hydrogen-bond donors (Lipinski definition) is 1. The van der Waals surface area contributed by atoms with E-state index in [-0.39, 0.29) is 18.2 Å². The van der Waals surface area contributed by atoms with Crippen molar-refractivity contribution in [2.24, 2.45) is 7.05 Å². The predicted molar refractivity (Wildman–Crippen MR) is 106 cm³/mol. The van der Waals surface area contributed by atoms with Gasteiger partial charge in [0.25, 0.3) is 11.5 Å². The number of fused-ring (bicyclic) bond motifs is 1. The lowest BCUT2D eigenvalue weighted by atomic mass is 10.1. The highest BCUT2D eigenvalue weighted by Gasteiger charge is 2.30. The number of aryl methyl sites for hydroxylation is 3. The molecule has 29 heavy (non-hydrogen) atoms. The van der Waals surface area contributed by atoms with Gasteiger partial charge >= 0.3 is 5.69 Å². The molecule has 0 fully saturated rings. The fourth-order valence-corrected chi connectivity index (χ4v) is 3.73. The fourth-order valence-electron chi connectivity index (χ4n) is 3.73. The number of aromatic amines is 1. The molecule has 1 atom stereocenters. The molecule has 0 radical (unpaired) electrons. The van der Waals surface area contributed by atoms with Gasteiger partial charge in [-0.05, 0) is 18.9 Å². The maximum Gasteiger partial charge on any atom is 0.328 e. The molecule has 3 heterocycles. The summed E-state index contributed by atoms with van der Waals surface area (Å²) >= 11 is 0. The Balaban J connectivity index is 1.54. The van der Waals surface area contributed by atoms with Crippen molar-refractivity contribution in [3.8, 4) is 0 Å². The standard InChI is InChI=1S/C20H22N6O3/c1-13-10-25(19(28)15-11-24(2)20(29)21-18(15)27)12-17-23-22-16(26(13)17)9-8-14-6-4-3-5-7-14/h3-7,11,13H,8-10,12H2,1-2H3,(H,21,27,29)/t13-/m0/s1. The molecule has 2 aromatic heterocycles. The minimum Gasteiger partial charge on any atom is -0.329 e. The van der Waals surface area contributed by atoms with Crippen molar-refractivity contribution in [2.45, 2.75) is 32.4 Å². The van der Waals surface area contributed by atoms with Gasteiger partial charge in [-0.1, -0.05) is 30.3 Å². The van der Waals surface area contributed by atoms with Crippen molar-refractivity contribution < 1.29 is 4.79 Å². The number of nitrogens with one attached hydrogen (secondary N) is 1. The third-order valence-electron chi connectivity index (χ3n) is 5.20. The highest BCUT2D eigenvalue weighted by Crippen LogP contribution is 2.23. The summed E-state index contributed by atoms with van der Waals surface area (Å²) < 4.78 is 3.27. The summed E-state index contributed by atoms with van der Waals surface area (Å²) in [6, 6.07) is 10.2. The largest absolute Gasteiger partial charge is 0.329 e. The minimum absolute atomic E-state index is 0.0184. The van der Waals surface area contributed by atoms with E-state index in [1.165, 1.54) is 23.4 Å². The van der Waals surface area contributed by atoms with E-state index in [4.69, 9.17) is 0 Å². The molecule has 0 aliphatic carbocycles. The quantitative estimate of drug-likeness (QED) is 0.700. The third kappa shape index (κ3) is 3.63. The molecule has 0 spiro atoms. The summed E-state index contributed by atoms with van der Waals surface area (Å²) in [4.78, 5) is 40.2. The predicted octanol–water partition coefficient (Wildman–Crippen LogP) is 0.667. The molecule has 1 amide bonds. The lowest BCUT2D eigenvalue weighted by molar-refractivity contribution is 0.0676. The Labute approximate surface area is 166 Å². The average molecular weight is 394 g/mol. The Morgan fingerprint density at radius 2 is 1.93 bits per heavy atom. The van der Waals surface area contributed by atoms with Crippen LogP contribution in [0.3, 0.4) is 0 Å². The molecule has 0 saturated carbocycles. The number of aromatic nitrogens is 5. The van der Waals surface area contributed by atoms with Crippen LogP contribution in [0.25, 0.3) is 0 Å². The van der Waals surface area contributed by atoms with E-state index in [0.717, 1.165) is 18.7 Å². The van der Waals surface area contributed by atoms with Crippen LogP contribution >= 0.6 is 0 Å². The summed E-state index contributed by atoms with van der Waals surface area (Å²) in [5.74, 6) is 1.17. The zero-order valence-corrected chi connectivity index (χ0v) is 16.3. The van der Waals surface area contributed by atoms with Crippen LogP contribution in [0.4, 0.5) is 0 Å². The third-order valence-corrected chi connectivity index (χ3v) is 5.20. The average Bonchev–Trinajstić information content (AvgIpc) is 3.13. The van der Waals surface area contributed by atoms with Crippen LogP contribution in [0.15, 0.2) is 46.1 Å². The van der Waals surface area contributed by atoms with E-state index in [1.54, 1.807) is 4.90 Å². The number of amides is 1. The number of carbonyl (C=O) groups is 1. The number of hydrogen-bond acceptors (Lipinski definition) is 5. The van der Waals surface area contributed by atoms with E-state index >= 15 is 0 Å². The summed E-state index contributed by atoms with van der Waals surface area (Å²) in [5.41, 5.74) is -0.0571. The summed E-state index contributed by atoms with van der Waals surface area (Å²) in [5, 5.41) is 8.61. The topological polar surface area (TPSA) is 106 Å². The van der Waals surface area contributed by atoms with Gasteiger partial charge in [0.15, 0.2) is 5.82 Å². The molecule has 1 aliphatic heterocycles. The van der Waals surface area contributed by atoms with Crippen molar-refractivity contribution in [3.63, 3.8) is 0 Å². The van der Waals surface area contributed by atoms with Crippen LogP contribution in [0.1, 0.15) is 40.5 Å². The van der Waals surface area contributed by atoms with Crippen molar-refractivity contribution in [1.82, 2.24) is 29.2 Å². The second-order valence-electron chi connectivity index (χ2n) is 7.34. The highest BCUT2D eigenvalue weighted by atomic mass is 16.2. The number of H-pyrrole nitrogens is 1. The first-order valence-corrected chi connectivity index (χ1v) is 9.50. The van der Waals surface area contributed by atoms with Crippen LogP contribution in [0, 0.1) is 0 Å². The van der Waals surface area contributed by atoms with Crippen molar-refractivity contribution in [3.05, 3.63) is 80.1 Å². The van der Waals surface area contributed by atoms with Crippen LogP contribution in [0.5, 0.6) is 0 Å². The first-order valence-electron chi connectivity index (χ1n) is 9.50. The molecular formula is C20H22N6O3. The Bertz CT molecular complexity index is 1160. The molecule has 9 nitrogen and oxygen atoms in total. The van der Waals surface area contributed by atoms with Gasteiger partial charge in [0.1, 0.15) is 11.4 Å². The van der Waals surface area contributed by atoms with Gasteiger partial charge < -0.3 is 14.0 Å². The molecule has 0 bridgehead atoms. The summed E-state index contributed by atoms with van der Waals surface area (Å²) in [7, 11) is 1.49. The maximum atomic E-state index is 12.9. The van der Waals surface area contributed by atoms with E-state index in [1.807, 2.05) is 25.1 Å². The van der Waals surface area contributed by atoms with E-state index < -0.39 is 17.2 Å². The van der Waals surface area contributed by atoms with Gasteiger partial charge in [-0.25, -0.2) is 4.79 Å². The molecular weight excluding hydrogens is 372 g/mol. The zero-order valence-electron chi connectivity index (χ0n) is 16.3. The van der Waals surface area contributed by atoms with Crippen LogP contribution in [0.2, 0.25) is 0 Å². The molecule has 0 unspecified atom stereocenters. The zero-order chi connectivity index (χ0) is 20.5. The monoisotopic (exact) mass is 394 g/mol. The van der Waals surface area contributed by atoms with Gasteiger partial charge in [0.2, 0.25) is 0 Å². The Kier molecular flexibility index (Phi) is 4.87. The molecule has 3 aromatic rings. The second-order valence-corrected chi connectivity index (χ2v) is 7.34. The van der Waals surface area contributed by atoms with Crippen molar-refractivity contribution >= 4 is 5.91 Å². The first kappa shape index (κ1) is 18.9. The minimum atomic E-state index is -0.679. The first-order chi connectivity index (χ1) is 13.9. The Morgan fingerprint density at radius 1 is 1.17 bits per heavy atom. The molecule has 0 saturated heterocycles. The molecule has 1 N–H and O–H groups in total. The molecule has 9 heteroatoms. The van der Waals surface area contributed by atoms with E-state index in [0.29, 0.717) is 12.4 Å². The maximum absolute atomic E-state index is 12.9. The molecule has 1 aromatic carbocycles. The van der Waals surface area contributed by atoms with Crippen LogP contribution < -0.4 is 11.2 Å². The summed E-state index contributed by atoms with van der Waals surface area (Å²) in [6.45, 7) is 2.71. The van der Waals surface area contributed by atoms with Crippen molar-refractivity contribution in [2.75, 3.05) is 6.54 Å². The summed E-state index contributed by atoms with van der Waals surface area (Å²) in [6.07, 6.45) is 2.90. The fraction of sp³-hybridized carbons (Fsp3) is 0.350. The Hall–Kier alpha value is -3.49. The van der Waals surface area contributed by atoms with Gasteiger partial charge in [-0.2, -0.15) is 0 Å².